The van der Waals surface area contributed by atoms with Crippen LogP contribution in [0.2, 0.25) is 0 Å². The number of anilines is 1. The predicted molar refractivity (Wildman–Crippen MR) is 81.4 cm³/mol. The lowest BCUT2D eigenvalue weighted by molar-refractivity contribution is -0.137. The molecule has 0 amide bonds. The van der Waals surface area contributed by atoms with Crippen LogP contribution < -0.4 is 5.32 Å². The van der Waals surface area contributed by atoms with Gasteiger partial charge in [-0.25, -0.2) is 9.97 Å². The van der Waals surface area contributed by atoms with Crippen molar-refractivity contribution in [3.05, 3.63) is 16.8 Å². The van der Waals surface area contributed by atoms with Gasteiger partial charge in [0.15, 0.2) is 0 Å². The molecule has 2 aromatic heterocycles. The van der Waals surface area contributed by atoms with Gasteiger partial charge in [-0.3, -0.25) is 4.79 Å². The van der Waals surface area contributed by atoms with E-state index in [0.717, 1.165) is 16.0 Å². The second-order valence-corrected chi connectivity index (χ2v) is 6.31. The quantitative estimate of drug-likeness (QED) is 0.855. The first kappa shape index (κ1) is 14.7. The van der Waals surface area contributed by atoms with Crippen molar-refractivity contribution >= 4 is 33.3 Å². The summed E-state index contributed by atoms with van der Waals surface area (Å²) in [6, 6.07) is 0. The molecule has 0 aliphatic heterocycles. The zero-order valence-corrected chi connectivity index (χ0v) is 12.8. The highest BCUT2D eigenvalue weighted by molar-refractivity contribution is 7.18. The molecule has 2 N–H and O–H groups in total. The number of carbonyl (C=O) groups is 1. The van der Waals surface area contributed by atoms with Crippen molar-refractivity contribution < 1.29 is 9.90 Å². The standard InChI is InChI=1S/C14H19N3O2S/c1-8(4-5-11(18)19)6-15-13-12-9(2)10(3)20-14(12)17-7-16-13/h7-8H,4-6H2,1-3H3,(H,18,19)(H,15,16,17). The van der Waals surface area contributed by atoms with Crippen LogP contribution in [0.25, 0.3) is 10.2 Å². The van der Waals surface area contributed by atoms with E-state index in [9.17, 15) is 4.79 Å². The highest BCUT2D eigenvalue weighted by Gasteiger charge is 2.12. The van der Waals surface area contributed by atoms with Crippen molar-refractivity contribution in [2.24, 2.45) is 5.92 Å². The fraction of sp³-hybridized carbons (Fsp3) is 0.500. The number of hydrogen-bond acceptors (Lipinski definition) is 5. The number of thiophene rings is 1. The highest BCUT2D eigenvalue weighted by Crippen LogP contribution is 2.32. The third-order valence-corrected chi connectivity index (χ3v) is 4.55. The van der Waals surface area contributed by atoms with Crippen molar-refractivity contribution in [2.45, 2.75) is 33.6 Å². The summed E-state index contributed by atoms with van der Waals surface area (Å²) in [5.41, 5.74) is 1.21. The molecule has 1 unspecified atom stereocenters. The van der Waals surface area contributed by atoms with Gasteiger partial charge in [-0.05, 0) is 31.7 Å². The molecular weight excluding hydrogens is 274 g/mol. The number of carboxylic acid groups (broad SMARTS) is 1. The molecule has 2 aromatic rings. The Morgan fingerprint density at radius 2 is 2.20 bits per heavy atom. The normalized spacial score (nSPS) is 12.6. The summed E-state index contributed by atoms with van der Waals surface area (Å²) in [7, 11) is 0. The molecule has 20 heavy (non-hydrogen) atoms. The Bertz CT molecular complexity index is 624. The van der Waals surface area contributed by atoms with Crippen molar-refractivity contribution in [3.63, 3.8) is 0 Å². The smallest absolute Gasteiger partial charge is 0.303 e. The molecule has 6 heteroatoms. The molecule has 0 fully saturated rings. The topological polar surface area (TPSA) is 75.1 Å². The molecule has 5 nitrogen and oxygen atoms in total. The summed E-state index contributed by atoms with van der Waals surface area (Å²) in [6.45, 7) is 6.92. The summed E-state index contributed by atoms with van der Waals surface area (Å²) in [5, 5.41) is 13.1. The van der Waals surface area contributed by atoms with Gasteiger partial charge in [-0.15, -0.1) is 11.3 Å². The average molecular weight is 293 g/mol. The van der Waals surface area contributed by atoms with Crippen LogP contribution in [-0.4, -0.2) is 27.6 Å². The number of aliphatic carboxylic acids is 1. The Kier molecular flexibility index (Phi) is 4.54. The lowest BCUT2D eigenvalue weighted by atomic mass is 10.1. The third-order valence-electron chi connectivity index (χ3n) is 3.43. The SMILES string of the molecule is Cc1sc2ncnc(NCC(C)CCC(=O)O)c2c1C. The number of nitrogens with one attached hydrogen (secondary N) is 1. The fourth-order valence-corrected chi connectivity index (χ4v) is 3.06. The molecule has 108 valence electrons. The van der Waals surface area contributed by atoms with Gasteiger partial charge < -0.3 is 10.4 Å². The summed E-state index contributed by atoms with van der Waals surface area (Å²) in [5.74, 6) is 0.390. The van der Waals surface area contributed by atoms with Gasteiger partial charge in [-0.1, -0.05) is 6.92 Å². The van der Waals surface area contributed by atoms with Crippen LogP contribution in [0.1, 0.15) is 30.2 Å². The number of aryl methyl sites for hydroxylation is 2. The van der Waals surface area contributed by atoms with E-state index in [1.54, 1.807) is 17.7 Å². The van der Waals surface area contributed by atoms with Crippen molar-refractivity contribution in [1.29, 1.82) is 0 Å². The molecule has 0 aromatic carbocycles. The maximum Gasteiger partial charge on any atom is 0.303 e. The van der Waals surface area contributed by atoms with E-state index in [1.165, 1.54) is 10.4 Å². The van der Waals surface area contributed by atoms with E-state index < -0.39 is 5.97 Å². The van der Waals surface area contributed by atoms with Crippen LogP contribution in [0.5, 0.6) is 0 Å². The van der Waals surface area contributed by atoms with E-state index in [1.807, 2.05) is 6.92 Å². The van der Waals surface area contributed by atoms with Crippen LogP contribution in [0.3, 0.4) is 0 Å². The van der Waals surface area contributed by atoms with Gasteiger partial charge in [0.25, 0.3) is 0 Å². The van der Waals surface area contributed by atoms with E-state index in [0.29, 0.717) is 13.0 Å². The summed E-state index contributed by atoms with van der Waals surface area (Å²) < 4.78 is 0. The van der Waals surface area contributed by atoms with Crippen molar-refractivity contribution in [3.8, 4) is 0 Å². The minimum atomic E-state index is -0.745. The Morgan fingerprint density at radius 1 is 1.45 bits per heavy atom. The molecule has 2 rings (SSSR count). The van der Waals surface area contributed by atoms with E-state index in [4.69, 9.17) is 5.11 Å². The van der Waals surface area contributed by atoms with Gasteiger partial charge >= 0.3 is 5.97 Å². The van der Waals surface area contributed by atoms with Gasteiger partial charge in [0.1, 0.15) is 17.0 Å². The first-order valence-corrected chi connectivity index (χ1v) is 7.47. The van der Waals surface area contributed by atoms with Gasteiger partial charge in [-0.2, -0.15) is 0 Å². The molecule has 1 atom stereocenters. The molecule has 0 bridgehead atoms. The first-order valence-electron chi connectivity index (χ1n) is 6.65. The predicted octanol–water partition coefficient (Wildman–Crippen LogP) is 3.22. The number of hydrogen-bond donors (Lipinski definition) is 2. The van der Waals surface area contributed by atoms with E-state index in [2.05, 4.69) is 29.1 Å². The van der Waals surface area contributed by atoms with Crippen molar-refractivity contribution in [1.82, 2.24) is 9.97 Å². The Balaban J connectivity index is 2.08. The lowest BCUT2D eigenvalue weighted by Gasteiger charge is -2.12. The maximum absolute atomic E-state index is 10.6. The molecule has 2 heterocycles. The van der Waals surface area contributed by atoms with Crippen LogP contribution in [-0.2, 0) is 4.79 Å². The molecular formula is C14H19N3O2S. The maximum atomic E-state index is 10.6. The number of nitrogens with zero attached hydrogens (tertiary/aromatic N) is 2. The molecule has 0 aliphatic carbocycles. The third kappa shape index (κ3) is 3.25. The van der Waals surface area contributed by atoms with Crippen LogP contribution in [0.4, 0.5) is 5.82 Å². The minimum Gasteiger partial charge on any atom is -0.481 e. The molecule has 0 saturated carbocycles. The zero-order chi connectivity index (χ0) is 14.7. The Morgan fingerprint density at radius 3 is 2.90 bits per heavy atom. The number of carboxylic acids is 1. The lowest BCUT2D eigenvalue weighted by Crippen LogP contribution is -2.13. The fourth-order valence-electron chi connectivity index (χ4n) is 2.06. The van der Waals surface area contributed by atoms with Gasteiger partial charge in [0.2, 0.25) is 0 Å². The minimum absolute atomic E-state index is 0.207. The van der Waals surface area contributed by atoms with Gasteiger partial charge in [0, 0.05) is 17.8 Å². The molecule has 0 aliphatic rings. The summed E-state index contributed by atoms with van der Waals surface area (Å²) in [4.78, 5) is 21.4. The van der Waals surface area contributed by atoms with Crippen LogP contribution >= 0.6 is 11.3 Å². The number of aromatic nitrogens is 2. The summed E-state index contributed by atoms with van der Waals surface area (Å²) >= 11 is 1.67. The molecule has 0 saturated heterocycles. The Hall–Kier alpha value is -1.69. The monoisotopic (exact) mass is 293 g/mol. The number of rotatable bonds is 6. The highest BCUT2D eigenvalue weighted by atomic mass is 32.1. The van der Waals surface area contributed by atoms with E-state index in [-0.39, 0.29) is 12.3 Å². The zero-order valence-electron chi connectivity index (χ0n) is 11.9. The van der Waals surface area contributed by atoms with Crippen LogP contribution in [0, 0.1) is 19.8 Å². The van der Waals surface area contributed by atoms with E-state index >= 15 is 0 Å². The number of fused-ring (bicyclic) bond motifs is 1. The van der Waals surface area contributed by atoms with Gasteiger partial charge in [0.05, 0.1) is 5.39 Å². The van der Waals surface area contributed by atoms with Crippen LogP contribution in [0.15, 0.2) is 6.33 Å². The average Bonchev–Trinajstić information content (AvgIpc) is 2.70. The Labute approximate surface area is 122 Å². The second kappa shape index (κ2) is 6.17. The van der Waals surface area contributed by atoms with Crippen molar-refractivity contribution in [2.75, 3.05) is 11.9 Å². The second-order valence-electron chi connectivity index (χ2n) is 5.10. The largest absolute Gasteiger partial charge is 0.481 e. The first-order chi connectivity index (χ1) is 9.49. The molecule has 0 radical (unpaired) electrons. The molecule has 0 spiro atoms. The summed E-state index contributed by atoms with van der Waals surface area (Å²) in [6.07, 6.45) is 2.44.